The summed E-state index contributed by atoms with van der Waals surface area (Å²) in [6, 6.07) is 24.4. The second kappa shape index (κ2) is 10.8. The molecule has 0 unspecified atom stereocenters. The van der Waals surface area contributed by atoms with Crippen LogP contribution in [0, 0.1) is 0 Å². The van der Waals surface area contributed by atoms with E-state index in [-0.39, 0.29) is 21.4 Å². The van der Waals surface area contributed by atoms with Crippen LogP contribution in [0.15, 0.2) is 90.0 Å². The quantitative estimate of drug-likeness (QED) is 0.218. The van der Waals surface area contributed by atoms with Crippen molar-refractivity contribution in [2.75, 3.05) is 4.90 Å². The van der Waals surface area contributed by atoms with Crippen LogP contribution in [0.5, 0.6) is 0 Å². The Labute approximate surface area is 233 Å². The zero-order valence-electron chi connectivity index (χ0n) is 20.1. The molecule has 5 rings (SSSR count). The van der Waals surface area contributed by atoms with Crippen molar-refractivity contribution >= 4 is 87.5 Å². The van der Waals surface area contributed by atoms with Gasteiger partial charge in [-0.15, -0.1) is 0 Å². The molecule has 9 nitrogen and oxygen atoms in total. The van der Waals surface area contributed by atoms with Gasteiger partial charge < -0.3 is 4.90 Å². The summed E-state index contributed by atoms with van der Waals surface area (Å²) in [6.45, 7) is 0. The third kappa shape index (κ3) is 5.64. The fourth-order valence-corrected chi connectivity index (χ4v) is 4.38. The Morgan fingerprint density at radius 3 is 1.18 bits per heavy atom. The molecule has 2 fully saturated rings. The lowest BCUT2D eigenvalue weighted by Gasteiger charge is -2.25. The van der Waals surface area contributed by atoms with E-state index in [9.17, 15) is 19.2 Å². The number of benzene rings is 3. The maximum Gasteiger partial charge on any atom is 0.263 e. The number of rotatable bonds is 5. The molecule has 2 aliphatic heterocycles. The number of nitrogens with one attached hydrogen (secondary N) is 4. The fraction of sp³-hybridized carbons (Fsp3) is 0. The molecule has 0 atom stereocenters. The van der Waals surface area contributed by atoms with Crippen molar-refractivity contribution in [3.63, 3.8) is 0 Å². The molecular weight excluding hydrogens is 534 g/mol. The van der Waals surface area contributed by atoms with Gasteiger partial charge in [0.05, 0.1) is 0 Å². The highest BCUT2D eigenvalue weighted by molar-refractivity contribution is 7.80. The zero-order chi connectivity index (χ0) is 27.5. The number of carbonyl (C=O) groups is 4. The van der Waals surface area contributed by atoms with Crippen molar-refractivity contribution in [2.45, 2.75) is 0 Å². The Bertz CT molecular complexity index is 1450. The van der Waals surface area contributed by atoms with Crippen LogP contribution in [0.3, 0.4) is 0 Å². The van der Waals surface area contributed by atoms with E-state index in [1.54, 1.807) is 24.3 Å². The smallest absolute Gasteiger partial charge is 0.263 e. The van der Waals surface area contributed by atoms with Crippen molar-refractivity contribution in [3.8, 4) is 0 Å². The molecule has 0 saturated carbocycles. The number of hydrogen-bond donors (Lipinski definition) is 4. The molecule has 0 bridgehead atoms. The summed E-state index contributed by atoms with van der Waals surface area (Å²) in [5.74, 6) is -2.22. The van der Waals surface area contributed by atoms with E-state index >= 15 is 0 Å². The second-order valence-corrected chi connectivity index (χ2v) is 9.26. The molecule has 2 saturated heterocycles. The zero-order valence-corrected chi connectivity index (χ0v) is 21.7. The number of hydrogen-bond acceptors (Lipinski definition) is 7. The van der Waals surface area contributed by atoms with E-state index in [2.05, 4.69) is 21.3 Å². The van der Waals surface area contributed by atoms with Gasteiger partial charge in [-0.2, -0.15) is 0 Å². The third-order valence-electron chi connectivity index (χ3n) is 5.83. The maximum absolute atomic E-state index is 12.2. The van der Waals surface area contributed by atoms with Gasteiger partial charge in [0.15, 0.2) is 10.2 Å². The van der Waals surface area contributed by atoms with Crippen LogP contribution in [0.1, 0.15) is 11.1 Å². The largest absolute Gasteiger partial charge is 0.311 e. The van der Waals surface area contributed by atoms with Gasteiger partial charge in [0, 0.05) is 17.1 Å². The van der Waals surface area contributed by atoms with Gasteiger partial charge in [-0.3, -0.25) is 40.4 Å². The number of thiocarbonyl (C=S) groups is 2. The third-order valence-corrected chi connectivity index (χ3v) is 6.23. The van der Waals surface area contributed by atoms with Gasteiger partial charge in [0.25, 0.3) is 23.6 Å². The normalized spacial score (nSPS) is 15.2. The van der Waals surface area contributed by atoms with Crippen molar-refractivity contribution in [1.29, 1.82) is 0 Å². The molecule has 3 aromatic rings. The van der Waals surface area contributed by atoms with Gasteiger partial charge in [-0.1, -0.05) is 42.5 Å². The standard InChI is InChI=1S/C28H19N5O4S2/c34-23-21(24(35)30-27(38)29-23)14-16-6-10-19(11-7-16)33(18-4-2-1-3-5-18)20-12-8-17(9-13-20)15-22-25(36)31-28(39)32-26(22)37/h1-15H,(H2,29,30,34,35,38)(H2,31,32,36,37,39). The van der Waals surface area contributed by atoms with E-state index in [1.807, 2.05) is 59.5 Å². The summed E-state index contributed by atoms with van der Waals surface area (Å²) in [5, 5.41) is 9.64. The van der Waals surface area contributed by atoms with E-state index < -0.39 is 23.6 Å². The molecule has 2 heterocycles. The summed E-state index contributed by atoms with van der Waals surface area (Å²) in [4.78, 5) is 50.7. The summed E-state index contributed by atoms with van der Waals surface area (Å²) in [5.41, 5.74) is 3.79. The van der Waals surface area contributed by atoms with E-state index in [0.717, 1.165) is 17.1 Å². The van der Waals surface area contributed by atoms with Gasteiger partial charge in [-0.05, 0) is 84.1 Å². The van der Waals surface area contributed by atoms with Gasteiger partial charge >= 0.3 is 0 Å². The average Bonchev–Trinajstić information content (AvgIpc) is 2.91. The summed E-state index contributed by atoms with van der Waals surface area (Å²) < 4.78 is 0. The predicted octanol–water partition coefficient (Wildman–Crippen LogP) is 2.99. The first-order valence-electron chi connectivity index (χ1n) is 11.6. The van der Waals surface area contributed by atoms with Crippen LogP contribution < -0.4 is 26.2 Å². The summed E-state index contributed by atoms with van der Waals surface area (Å²) >= 11 is 9.68. The minimum Gasteiger partial charge on any atom is -0.311 e. The molecule has 4 amide bonds. The summed E-state index contributed by atoms with van der Waals surface area (Å²) in [6.07, 6.45) is 2.99. The number of carbonyl (C=O) groups excluding carboxylic acids is 4. The van der Waals surface area contributed by atoms with E-state index in [4.69, 9.17) is 24.4 Å². The second-order valence-electron chi connectivity index (χ2n) is 8.44. The first-order valence-corrected chi connectivity index (χ1v) is 12.4. The highest BCUT2D eigenvalue weighted by atomic mass is 32.1. The lowest BCUT2D eigenvalue weighted by Crippen LogP contribution is -2.51. The summed E-state index contributed by atoms with van der Waals surface area (Å²) in [7, 11) is 0. The van der Waals surface area contributed by atoms with Crippen LogP contribution in [0.25, 0.3) is 12.2 Å². The molecule has 11 heteroatoms. The Balaban J connectivity index is 1.45. The van der Waals surface area contributed by atoms with Gasteiger partial charge in [0.1, 0.15) is 11.1 Å². The Morgan fingerprint density at radius 1 is 0.487 bits per heavy atom. The predicted molar refractivity (Wildman–Crippen MR) is 155 cm³/mol. The monoisotopic (exact) mass is 553 g/mol. The lowest BCUT2D eigenvalue weighted by molar-refractivity contribution is -0.124. The Kier molecular flexibility index (Phi) is 7.08. The number of anilines is 3. The fourth-order valence-electron chi connectivity index (χ4n) is 4.01. The van der Waals surface area contributed by atoms with Crippen molar-refractivity contribution in [1.82, 2.24) is 21.3 Å². The Hall–Kier alpha value is -5.00. The molecule has 0 aliphatic carbocycles. The molecule has 0 radical (unpaired) electrons. The average molecular weight is 554 g/mol. The van der Waals surface area contributed by atoms with Gasteiger partial charge in [-0.25, -0.2) is 0 Å². The van der Waals surface area contributed by atoms with Crippen LogP contribution in [0.4, 0.5) is 17.1 Å². The molecule has 0 spiro atoms. The first-order chi connectivity index (χ1) is 18.8. The van der Waals surface area contributed by atoms with Gasteiger partial charge in [0.2, 0.25) is 0 Å². The van der Waals surface area contributed by atoms with Crippen LogP contribution in [-0.2, 0) is 19.2 Å². The molecule has 3 aromatic carbocycles. The van der Waals surface area contributed by atoms with Crippen LogP contribution in [-0.4, -0.2) is 33.9 Å². The highest BCUT2D eigenvalue weighted by Gasteiger charge is 2.26. The maximum atomic E-state index is 12.2. The minimum atomic E-state index is -0.556. The number of amides is 4. The molecule has 39 heavy (non-hydrogen) atoms. The van der Waals surface area contributed by atoms with Crippen LogP contribution >= 0.6 is 24.4 Å². The van der Waals surface area contributed by atoms with Crippen molar-refractivity contribution < 1.29 is 19.2 Å². The molecule has 2 aliphatic rings. The molecule has 0 aromatic heterocycles. The van der Waals surface area contributed by atoms with Crippen molar-refractivity contribution in [2.24, 2.45) is 0 Å². The van der Waals surface area contributed by atoms with Crippen molar-refractivity contribution in [3.05, 3.63) is 101 Å². The Morgan fingerprint density at radius 2 is 0.821 bits per heavy atom. The topological polar surface area (TPSA) is 120 Å². The molecular formula is C28H19N5O4S2. The molecule has 192 valence electrons. The lowest BCUT2D eigenvalue weighted by atomic mass is 10.1. The minimum absolute atomic E-state index is 0.0208. The number of para-hydroxylation sites is 1. The SMILES string of the molecule is O=C1NC(=S)NC(=O)C1=Cc1ccc(N(c2ccccc2)c2ccc(C=C3C(=O)NC(=S)NC3=O)cc2)cc1. The van der Waals surface area contributed by atoms with E-state index in [0.29, 0.717) is 11.1 Å². The highest BCUT2D eigenvalue weighted by Crippen LogP contribution is 2.35. The van der Waals surface area contributed by atoms with Crippen LogP contribution in [0.2, 0.25) is 0 Å². The molecule has 4 N–H and O–H groups in total. The van der Waals surface area contributed by atoms with E-state index in [1.165, 1.54) is 12.2 Å². The number of nitrogens with zero attached hydrogens (tertiary/aromatic N) is 1. The first kappa shape index (κ1) is 25.6.